The SMILES string of the molecule is N#Cc1c(N)cccc1OCC1CCN(C(=O)O)C1. The van der Waals surface area contributed by atoms with E-state index in [4.69, 9.17) is 20.8 Å². The Morgan fingerprint density at radius 3 is 3.05 bits per heavy atom. The van der Waals surface area contributed by atoms with Crippen molar-refractivity contribution in [1.29, 1.82) is 5.26 Å². The number of nitriles is 1. The van der Waals surface area contributed by atoms with E-state index in [9.17, 15) is 4.79 Å². The summed E-state index contributed by atoms with van der Waals surface area (Å²) in [6.45, 7) is 1.40. The van der Waals surface area contributed by atoms with Crippen LogP contribution in [0.2, 0.25) is 0 Å². The Morgan fingerprint density at radius 2 is 2.42 bits per heavy atom. The number of anilines is 1. The molecule has 1 unspecified atom stereocenters. The van der Waals surface area contributed by atoms with Crippen LogP contribution in [-0.4, -0.2) is 35.8 Å². The van der Waals surface area contributed by atoms with Crippen LogP contribution >= 0.6 is 0 Å². The smallest absolute Gasteiger partial charge is 0.407 e. The van der Waals surface area contributed by atoms with Gasteiger partial charge in [-0.2, -0.15) is 5.26 Å². The van der Waals surface area contributed by atoms with Crippen molar-refractivity contribution in [1.82, 2.24) is 4.90 Å². The summed E-state index contributed by atoms with van der Waals surface area (Å²) in [6.07, 6.45) is -0.125. The van der Waals surface area contributed by atoms with Crippen LogP contribution in [0.4, 0.5) is 10.5 Å². The number of nitrogens with two attached hydrogens (primary N) is 1. The lowest BCUT2D eigenvalue weighted by Gasteiger charge is -2.14. The Kier molecular flexibility index (Phi) is 3.76. The summed E-state index contributed by atoms with van der Waals surface area (Å²) in [5.74, 6) is 0.611. The fraction of sp³-hybridized carbons (Fsp3) is 0.385. The number of nitrogen functional groups attached to an aromatic ring is 1. The maximum atomic E-state index is 10.8. The Balaban J connectivity index is 1.96. The van der Waals surface area contributed by atoms with E-state index in [1.165, 1.54) is 4.90 Å². The highest BCUT2D eigenvalue weighted by Gasteiger charge is 2.26. The molecule has 19 heavy (non-hydrogen) atoms. The first-order valence-corrected chi connectivity index (χ1v) is 6.01. The Bertz CT molecular complexity index is 524. The first-order valence-electron chi connectivity index (χ1n) is 6.01. The summed E-state index contributed by atoms with van der Waals surface area (Å²) < 4.78 is 5.60. The second-order valence-electron chi connectivity index (χ2n) is 4.53. The van der Waals surface area contributed by atoms with Crippen LogP contribution in [0.15, 0.2) is 18.2 Å². The minimum Gasteiger partial charge on any atom is -0.492 e. The van der Waals surface area contributed by atoms with E-state index >= 15 is 0 Å². The van der Waals surface area contributed by atoms with Crippen molar-refractivity contribution < 1.29 is 14.6 Å². The average Bonchev–Trinajstić information content (AvgIpc) is 2.85. The molecule has 1 atom stereocenters. The third-order valence-electron chi connectivity index (χ3n) is 3.20. The lowest BCUT2D eigenvalue weighted by molar-refractivity contribution is 0.151. The molecule has 0 aliphatic carbocycles. The Hall–Kier alpha value is -2.42. The van der Waals surface area contributed by atoms with Crippen molar-refractivity contribution in [3.05, 3.63) is 23.8 Å². The van der Waals surface area contributed by atoms with Gasteiger partial charge in [-0.3, -0.25) is 0 Å². The van der Waals surface area contributed by atoms with E-state index in [0.717, 1.165) is 6.42 Å². The maximum Gasteiger partial charge on any atom is 0.407 e. The van der Waals surface area contributed by atoms with E-state index in [1.807, 2.05) is 6.07 Å². The van der Waals surface area contributed by atoms with E-state index in [0.29, 0.717) is 36.7 Å². The van der Waals surface area contributed by atoms with Gasteiger partial charge in [-0.25, -0.2) is 4.79 Å². The molecule has 0 bridgehead atoms. The highest BCUT2D eigenvalue weighted by Crippen LogP contribution is 2.25. The highest BCUT2D eigenvalue weighted by atomic mass is 16.5. The predicted octanol–water partition coefficient (Wildman–Crippen LogP) is 1.52. The van der Waals surface area contributed by atoms with Crippen molar-refractivity contribution in [3.8, 4) is 11.8 Å². The van der Waals surface area contributed by atoms with Crippen LogP contribution in [0.3, 0.4) is 0 Å². The molecule has 1 amide bonds. The summed E-state index contributed by atoms with van der Waals surface area (Å²) >= 11 is 0. The Morgan fingerprint density at radius 1 is 1.63 bits per heavy atom. The number of likely N-dealkylation sites (tertiary alicyclic amines) is 1. The minimum atomic E-state index is -0.899. The summed E-state index contributed by atoms with van der Waals surface area (Å²) in [5.41, 5.74) is 6.41. The van der Waals surface area contributed by atoms with Crippen molar-refractivity contribution in [2.45, 2.75) is 6.42 Å². The molecule has 1 fully saturated rings. The molecule has 1 aliphatic rings. The third-order valence-corrected chi connectivity index (χ3v) is 3.20. The lowest BCUT2D eigenvalue weighted by Crippen LogP contribution is -2.27. The van der Waals surface area contributed by atoms with Gasteiger partial charge in [0.25, 0.3) is 0 Å². The zero-order valence-electron chi connectivity index (χ0n) is 10.4. The van der Waals surface area contributed by atoms with Crippen molar-refractivity contribution in [2.75, 3.05) is 25.4 Å². The standard InChI is InChI=1S/C13H15N3O3/c14-6-10-11(15)2-1-3-12(10)19-8-9-4-5-16(7-9)13(17)18/h1-3,9H,4-5,7-8,15H2,(H,17,18). The van der Waals surface area contributed by atoms with E-state index in [-0.39, 0.29) is 5.92 Å². The van der Waals surface area contributed by atoms with Crippen LogP contribution in [-0.2, 0) is 0 Å². The van der Waals surface area contributed by atoms with Gasteiger partial charge in [-0.1, -0.05) is 6.07 Å². The average molecular weight is 261 g/mol. The molecule has 0 saturated carbocycles. The zero-order valence-corrected chi connectivity index (χ0v) is 10.4. The number of hydrogen-bond acceptors (Lipinski definition) is 4. The molecule has 0 spiro atoms. The van der Waals surface area contributed by atoms with Gasteiger partial charge in [0.05, 0.1) is 12.3 Å². The van der Waals surface area contributed by atoms with E-state index in [1.54, 1.807) is 18.2 Å². The Labute approximate surface area is 111 Å². The molecule has 100 valence electrons. The topological polar surface area (TPSA) is 99.6 Å². The molecule has 1 saturated heterocycles. The fourth-order valence-corrected chi connectivity index (χ4v) is 2.14. The second kappa shape index (κ2) is 5.48. The minimum absolute atomic E-state index is 0.157. The first-order chi connectivity index (χ1) is 9.11. The van der Waals surface area contributed by atoms with Gasteiger partial charge in [0.1, 0.15) is 17.4 Å². The van der Waals surface area contributed by atoms with Gasteiger partial charge in [0.2, 0.25) is 0 Å². The van der Waals surface area contributed by atoms with Gasteiger partial charge < -0.3 is 20.5 Å². The maximum absolute atomic E-state index is 10.8. The molecule has 0 radical (unpaired) electrons. The molecule has 1 aliphatic heterocycles. The number of carboxylic acid groups (broad SMARTS) is 1. The number of rotatable bonds is 3. The molecule has 6 heteroatoms. The largest absolute Gasteiger partial charge is 0.492 e. The van der Waals surface area contributed by atoms with Gasteiger partial charge in [-0.15, -0.1) is 0 Å². The van der Waals surface area contributed by atoms with Gasteiger partial charge in [0, 0.05) is 19.0 Å². The molecule has 1 aromatic rings. The van der Waals surface area contributed by atoms with Gasteiger partial charge >= 0.3 is 6.09 Å². The molecule has 1 heterocycles. The number of amides is 1. The van der Waals surface area contributed by atoms with E-state index in [2.05, 4.69) is 0 Å². The van der Waals surface area contributed by atoms with Crippen LogP contribution in [0, 0.1) is 17.2 Å². The molecule has 1 aromatic carbocycles. The summed E-state index contributed by atoms with van der Waals surface area (Å²) in [5, 5.41) is 17.9. The second-order valence-corrected chi connectivity index (χ2v) is 4.53. The number of ether oxygens (including phenoxy) is 1. The van der Waals surface area contributed by atoms with Crippen LogP contribution < -0.4 is 10.5 Å². The summed E-state index contributed by atoms with van der Waals surface area (Å²) in [4.78, 5) is 12.2. The summed E-state index contributed by atoms with van der Waals surface area (Å²) in [7, 11) is 0. The number of hydrogen-bond donors (Lipinski definition) is 2. The molecule has 6 nitrogen and oxygen atoms in total. The van der Waals surface area contributed by atoms with Crippen molar-refractivity contribution >= 4 is 11.8 Å². The van der Waals surface area contributed by atoms with Crippen LogP contribution in [0.1, 0.15) is 12.0 Å². The first kappa shape index (κ1) is 13.0. The highest BCUT2D eigenvalue weighted by molar-refractivity contribution is 5.65. The molecule has 0 aromatic heterocycles. The quantitative estimate of drug-likeness (QED) is 0.803. The lowest BCUT2D eigenvalue weighted by atomic mass is 10.1. The van der Waals surface area contributed by atoms with E-state index < -0.39 is 6.09 Å². The normalized spacial score (nSPS) is 18.1. The summed E-state index contributed by atoms with van der Waals surface area (Å²) in [6, 6.07) is 7.08. The van der Waals surface area contributed by atoms with Crippen molar-refractivity contribution in [3.63, 3.8) is 0 Å². The molecular formula is C13H15N3O3. The number of carbonyl (C=O) groups is 1. The molecular weight excluding hydrogens is 246 g/mol. The van der Waals surface area contributed by atoms with Crippen LogP contribution in [0.5, 0.6) is 5.75 Å². The predicted molar refractivity (Wildman–Crippen MR) is 68.8 cm³/mol. The van der Waals surface area contributed by atoms with Crippen molar-refractivity contribution in [2.24, 2.45) is 5.92 Å². The monoisotopic (exact) mass is 261 g/mol. The van der Waals surface area contributed by atoms with Gasteiger partial charge in [0.15, 0.2) is 0 Å². The number of benzene rings is 1. The molecule has 2 rings (SSSR count). The zero-order chi connectivity index (χ0) is 13.8. The fourth-order valence-electron chi connectivity index (χ4n) is 2.14. The molecule has 3 N–H and O–H groups in total. The number of nitrogens with zero attached hydrogens (tertiary/aromatic N) is 2. The van der Waals surface area contributed by atoms with Crippen LogP contribution in [0.25, 0.3) is 0 Å². The van der Waals surface area contributed by atoms with Gasteiger partial charge in [-0.05, 0) is 18.6 Å². The third kappa shape index (κ3) is 2.88.